The zero-order chi connectivity index (χ0) is 39.7. The summed E-state index contributed by atoms with van der Waals surface area (Å²) in [5.74, 6) is -6.70. The van der Waals surface area contributed by atoms with E-state index >= 15 is 0 Å². The maximum absolute atomic E-state index is 13.1. The molecule has 53 heavy (non-hydrogen) atoms. The number of carbonyl (C=O) groups is 4. The number of ether oxygens (including phenoxy) is 1. The fourth-order valence-corrected chi connectivity index (χ4v) is 42.9. The van der Waals surface area contributed by atoms with Gasteiger partial charge in [0.25, 0.3) is 0 Å². The highest BCUT2D eigenvalue weighted by Crippen LogP contribution is 2.66. The number of carbonyl (C=O) groups excluding carboxylic acids is 2. The number of aliphatic carboxylic acids is 2. The third kappa shape index (κ3) is 9.17. The van der Waals surface area contributed by atoms with Gasteiger partial charge in [0.15, 0.2) is 16.6 Å². The van der Waals surface area contributed by atoms with Crippen LogP contribution in [0, 0.1) is 47.3 Å². The molecule has 302 valence electrons. The molecule has 0 radical (unpaired) electrons. The third-order valence-electron chi connectivity index (χ3n) is 12.5. The van der Waals surface area contributed by atoms with Gasteiger partial charge in [-0.3, -0.25) is 19.2 Å². The number of hydrogen-bond donors (Lipinski definition) is 2. The first kappa shape index (κ1) is 43.3. The first-order valence-electron chi connectivity index (χ1n) is 19.9. The molecule has 5 aliphatic rings. The topological polar surface area (TPSA) is 164 Å². The molecular weight excluding hydrogens is 781 g/mol. The molecule has 0 amide bonds. The van der Waals surface area contributed by atoms with Crippen LogP contribution in [0.2, 0.25) is 89.1 Å². The fourth-order valence-electron chi connectivity index (χ4n) is 11.5. The largest absolute Gasteiger partial charge is 0.481 e. The Labute approximate surface area is 323 Å². The van der Waals surface area contributed by atoms with Crippen molar-refractivity contribution in [2.75, 3.05) is 0 Å². The Kier molecular flexibility index (Phi) is 12.4. The minimum Gasteiger partial charge on any atom is -0.481 e. The summed E-state index contributed by atoms with van der Waals surface area (Å²) in [4.78, 5) is 51.1. The van der Waals surface area contributed by atoms with Crippen LogP contribution in [0.4, 0.5) is 0 Å². The standard InChI is InChI=1S/C35H66O12Si6/c1-13-14-15-16-17-51(10,43-48(2,3)4)45-50(8,9)46-53(12,26-20-22-18-24(26)30(33(38)39)28(22)32(36)37)47-52(11,44-49(5,6)7)27-21-23-19-25(27)31-29(23)34(40)42-35(31)41/h22-31H,13-21H2,1-12H3,(H,36,37)(H,38,39). The van der Waals surface area contributed by atoms with Crippen LogP contribution in [-0.2, 0) is 44.5 Å². The summed E-state index contributed by atoms with van der Waals surface area (Å²) in [5.41, 5.74) is -0.384. The van der Waals surface area contributed by atoms with Gasteiger partial charge >= 0.3 is 58.1 Å². The van der Waals surface area contributed by atoms with Gasteiger partial charge in [0.05, 0.1) is 23.7 Å². The van der Waals surface area contributed by atoms with Crippen molar-refractivity contribution in [2.24, 2.45) is 47.3 Å². The summed E-state index contributed by atoms with van der Waals surface area (Å²) in [6, 6.07) is 0.847. The van der Waals surface area contributed by atoms with E-state index in [1.54, 1.807) is 0 Å². The molecule has 13 atom stereocenters. The number of cyclic esters (lactones) is 2. The minimum atomic E-state index is -3.52. The third-order valence-corrected chi connectivity index (χ3v) is 36.6. The number of rotatable bonds is 19. The monoisotopic (exact) mass is 846 g/mol. The lowest BCUT2D eigenvalue weighted by molar-refractivity contribution is -0.156. The molecule has 1 aliphatic heterocycles. The number of unbranched alkanes of at least 4 members (excludes halogenated alkanes) is 3. The number of carboxylic acids is 2. The number of esters is 2. The van der Waals surface area contributed by atoms with Crippen LogP contribution in [0.15, 0.2) is 0 Å². The lowest BCUT2D eigenvalue weighted by Gasteiger charge is -2.51. The molecule has 1 heterocycles. The number of hydrogen-bond acceptors (Lipinski definition) is 10. The molecule has 4 saturated carbocycles. The van der Waals surface area contributed by atoms with Crippen molar-refractivity contribution in [3.63, 3.8) is 0 Å². The lowest BCUT2D eigenvalue weighted by atomic mass is 9.79. The lowest BCUT2D eigenvalue weighted by Crippen LogP contribution is -2.65. The molecule has 0 aromatic carbocycles. The molecule has 4 bridgehead atoms. The van der Waals surface area contributed by atoms with Crippen molar-refractivity contribution < 1.29 is 54.7 Å². The van der Waals surface area contributed by atoms with Crippen LogP contribution in [0.1, 0.15) is 58.3 Å². The summed E-state index contributed by atoms with van der Waals surface area (Å²) in [6.07, 6.45) is 6.84. The molecule has 5 fully saturated rings. The van der Waals surface area contributed by atoms with Gasteiger partial charge in [-0.05, 0) is 127 Å². The quantitative estimate of drug-likeness (QED) is 0.0563. The van der Waals surface area contributed by atoms with Gasteiger partial charge in [0.2, 0.25) is 0 Å². The van der Waals surface area contributed by atoms with Crippen LogP contribution in [0.3, 0.4) is 0 Å². The SMILES string of the molecule is CCCCCC[Si](C)(O[Si](C)(C)C)O[Si](C)(C)O[Si](C)(O[Si](C)(O[Si](C)(C)C)C1CC2CC1C1C(=O)OC(=O)C21)C1CC2CC1C(C(=O)O)C2C(=O)O. The Bertz CT molecular complexity index is 1440. The Hall–Kier alpha value is -0.819. The predicted molar refractivity (Wildman–Crippen MR) is 214 cm³/mol. The number of fused-ring (bicyclic) bond motifs is 7. The van der Waals surface area contributed by atoms with Gasteiger partial charge in [-0.1, -0.05) is 32.6 Å². The average molecular weight is 847 g/mol. The first-order valence-corrected chi connectivity index (χ1v) is 36.9. The highest BCUT2D eigenvalue weighted by Gasteiger charge is 2.71. The zero-order valence-corrected chi connectivity index (χ0v) is 40.1. The van der Waals surface area contributed by atoms with Gasteiger partial charge in [0, 0.05) is 11.1 Å². The van der Waals surface area contributed by atoms with Crippen molar-refractivity contribution in [1.29, 1.82) is 0 Å². The Morgan fingerprint density at radius 2 is 1.15 bits per heavy atom. The first-order chi connectivity index (χ1) is 24.2. The predicted octanol–water partition coefficient (Wildman–Crippen LogP) is 7.77. The molecular formula is C35H66O12Si6. The zero-order valence-electron chi connectivity index (χ0n) is 34.1. The van der Waals surface area contributed by atoms with Gasteiger partial charge in [-0.15, -0.1) is 0 Å². The van der Waals surface area contributed by atoms with Crippen LogP contribution >= 0.6 is 0 Å². The summed E-state index contributed by atoms with van der Waals surface area (Å²) < 4.78 is 41.7. The summed E-state index contributed by atoms with van der Waals surface area (Å²) in [7, 11) is -17.0. The van der Waals surface area contributed by atoms with Crippen molar-refractivity contribution in [3.05, 3.63) is 0 Å². The average Bonchev–Trinajstić information content (AvgIpc) is 3.78. The molecule has 0 aromatic rings. The second kappa shape index (κ2) is 15.2. The van der Waals surface area contributed by atoms with Crippen LogP contribution in [0.5, 0.6) is 0 Å². The molecule has 4 aliphatic carbocycles. The highest BCUT2D eigenvalue weighted by molar-refractivity contribution is 6.92. The Morgan fingerprint density at radius 1 is 0.623 bits per heavy atom. The van der Waals surface area contributed by atoms with Crippen LogP contribution in [0.25, 0.3) is 0 Å². The van der Waals surface area contributed by atoms with E-state index in [1.165, 1.54) is 0 Å². The van der Waals surface area contributed by atoms with Gasteiger partial charge in [-0.25, -0.2) is 0 Å². The van der Waals surface area contributed by atoms with Gasteiger partial charge in [0.1, 0.15) is 0 Å². The highest BCUT2D eigenvalue weighted by atomic mass is 28.5. The van der Waals surface area contributed by atoms with Crippen molar-refractivity contribution in [1.82, 2.24) is 0 Å². The normalized spacial score (nSPS) is 35.8. The molecule has 1 saturated heterocycles. The van der Waals surface area contributed by atoms with E-state index in [2.05, 4.69) is 72.4 Å². The Morgan fingerprint density at radius 3 is 1.72 bits per heavy atom. The molecule has 0 aromatic heterocycles. The van der Waals surface area contributed by atoms with Crippen molar-refractivity contribution in [3.8, 4) is 0 Å². The van der Waals surface area contributed by atoms with Gasteiger partial charge in [-0.2, -0.15) is 0 Å². The van der Waals surface area contributed by atoms with Crippen molar-refractivity contribution >= 4 is 74.8 Å². The maximum Gasteiger partial charge on any atom is 0.320 e. The maximum atomic E-state index is 13.1. The molecule has 13 unspecified atom stereocenters. The van der Waals surface area contributed by atoms with E-state index in [0.29, 0.717) is 19.3 Å². The van der Waals surface area contributed by atoms with Crippen LogP contribution in [-0.4, -0.2) is 85.0 Å². The van der Waals surface area contributed by atoms with Gasteiger partial charge < -0.3 is 35.5 Å². The summed E-state index contributed by atoms with van der Waals surface area (Å²) in [5, 5.41) is 20.7. The van der Waals surface area contributed by atoms with E-state index in [9.17, 15) is 29.4 Å². The van der Waals surface area contributed by atoms with Crippen molar-refractivity contribution in [2.45, 2.75) is 147 Å². The van der Waals surface area contributed by atoms with E-state index in [-0.39, 0.29) is 28.8 Å². The summed E-state index contributed by atoms with van der Waals surface area (Å²) >= 11 is 0. The fraction of sp³-hybridized carbons (Fsp3) is 0.886. The smallest absolute Gasteiger partial charge is 0.320 e. The Balaban J connectivity index is 1.54. The van der Waals surface area contributed by atoms with E-state index < -0.39 is 104 Å². The molecule has 0 spiro atoms. The number of carboxylic acid groups (broad SMARTS) is 2. The molecule has 12 nitrogen and oxygen atoms in total. The molecule has 5 rings (SSSR count). The van der Waals surface area contributed by atoms with E-state index in [1.807, 2.05) is 6.55 Å². The second-order valence-corrected chi connectivity index (χ2v) is 43.3. The van der Waals surface area contributed by atoms with Crippen LogP contribution < -0.4 is 0 Å². The summed E-state index contributed by atoms with van der Waals surface area (Å²) in [6.45, 7) is 25.5. The molecule has 18 heteroatoms. The molecule has 2 N–H and O–H groups in total. The van der Waals surface area contributed by atoms with E-state index in [0.717, 1.165) is 38.1 Å². The second-order valence-electron chi connectivity index (χ2n) is 19.6. The minimum absolute atomic E-state index is 0.0194. The van der Waals surface area contributed by atoms with E-state index in [4.69, 9.17) is 25.3 Å².